The van der Waals surface area contributed by atoms with Crippen molar-refractivity contribution >= 4 is 29.0 Å². The second kappa shape index (κ2) is 6.26. The normalized spacial score (nSPS) is 17.1. The summed E-state index contributed by atoms with van der Waals surface area (Å²) in [5.74, 6) is 0.290. The summed E-state index contributed by atoms with van der Waals surface area (Å²) < 4.78 is 15.3. The van der Waals surface area contributed by atoms with Gasteiger partial charge in [0.1, 0.15) is 12.4 Å². The number of amides is 1. The minimum atomic E-state index is -0.244. The van der Waals surface area contributed by atoms with Crippen LogP contribution in [0.25, 0.3) is 0 Å². The van der Waals surface area contributed by atoms with Crippen molar-refractivity contribution < 1.29 is 9.18 Å². The number of hydrogen-bond acceptors (Lipinski definition) is 4. The number of nitrogens with one attached hydrogen (secondary N) is 1. The fourth-order valence-electron chi connectivity index (χ4n) is 2.52. The zero-order valence-corrected chi connectivity index (χ0v) is 13.6. The number of halogens is 1. The number of fused-ring (bicyclic) bond motifs is 1. The average molecular weight is 338 g/mol. The molecule has 1 aromatic carbocycles. The lowest BCUT2D eigenvalue weighted by molar-refractivity contribution is -0.122. The molecule has 1 amide bonds. The molecule has 0 aliphatic carbocycles. The number of hydrogen-bond donors (Lipinski definition) is 1. The molecule has 1 aromatic heterocycles. The average Bonchev–Trinajstić information content (AvgIpc) is 2.80. The smallest absolute Gasteiger partial charge is 0.307 e. The molecule has 7 heteroatoms. The van der Waals surface area contributed by atoms with Gasteiger partial charge in [0.05, 0.1) is 6.04 Å². The number of rotatable bonds is 3. The highest BCUT2D eigenvalue weighted by atomic mass is 32.2. The third-order valence-corrected chi connectivity index (χ3v) is 5.68. The number of aryl methyl sites for hydroxylation is 1. The standard InChI is InChI=1S/C15H15FN2O2S2/c1-9-8-22-15(20)18(9)7-13(19)17-12-5-6-21-14-10(12)3-2-4-11(14)16/h2-4,8,12H,5-7H2,1H3,(H,17,19)/t12-/m0/s1. The maximum Gasteiger partial charge on any atom is 0.307 e. The number of thiazole rings is 1. The Kier molecular flexibility index (Phi) is 4.35. The third-order valence-electron chi connectivity index (χ3n) is 3.64. The number of carbonyl (C=O) groups excluding carboxylic acids is 1. The second-order valence-corrected chi connectivity index (χ2v) is 7.07. The van der Waals surface area contributed by atoms with Gasteiger partial charge >= 0.3 is 4.87 Å². The van der Waals surface area contributed by atoms with Gasteiger partial charge in [-0.25, -0.2) is 4.39 Å². The lowest BCUT2D eigenvalue weighted by atomic mass is 10.0. The Morgan fingerprint density at radius 1 is 1.50 bits per heavy atom. The summed E-state index contributed by atoms with van der Waals surface area (Å²) in [7, 11) is 0. The highest BCUT2D eigenvalue weighted by molar-refractivity contribution is 7.99. The first-order valence-electron chi connectivity index (χ1n) is 6.92. The third kappa shape index (κ3) is 2.96. The van der Waals surface area contributed by atoms with Gasteiger partial charge in [-0.15, -0.1) is 11.8 Å². The van der Waals surface area contributed by atoms with Gasteiger partial charge in [-0.1, -0.05) is 23.5 Å². The first-order chi connectivity index (χ1) is 10.6. The summed E-state index contributed by atoms with van der Waals surface area (Å²) in [6.45, 7) is 1.80. The molecule has 0 radical (unpaired) electrons. The van der Waals surface area contributed by atoms with Gasteiger partial charge in [0, 0.05) is 21.7 Å². The van der Waals surface area contributed by atoms with Crippen LogP contribution in [0.2, 0.25) is 0 Å². The van der Waals surface area contributed by atoms with Gasteiger partial charge in [0.2, 0.25) is 5.91 Å². The van der Waals surface area contributed by atoms with Crippen LogP contribution < -0.4 is 10.2 Å². The Hall–Kier alpha value is -1.60. The van der Waals surface area contributed by atoms with Gasteiger partial charge in [0.25, 0.3) is 0 Å². The molecule has 0 fully saturated rings. The summed E-state index contributed by atoms with van der Waals surface area (Å²) in [4.78, 5) is 24.3. The Balaban J connectivity index is 1.76. The van der Waals surface area contributed by atoms with E-state index in [9.17, 15) is 14.0 Å². The molecule has 4 nitrogen and oxygen atoms in total. The molecule has 22 heavy (non-hydrogen) atoms. The predicted molar refractivity (Wildman–Crippen MR) is 85.9 cm³/mol. The fraction of sp³-hybridized carbons (Fsp3) is 0.333. The molecule has 0 saturated carbocycles. The maximum absolute atomic E-state index is 13.8. The van der Waals surface area contributed by atoms with Crippen LogP contribution in [0, 0.1) is 12.7 Å². The minimum Gasteiger partial charge on any atom is -0.348 e. The van der Waals surface area contributed by atoms with Crippen molar-refractivity contribution in [3.05, 3.63) is 50.3 Å². The Morgan fingerprint density at radius 2 is 2.32 bits per heavy atom. The molecule has 1 atom stereocenters. The predicted octanol–water partition coefficient (Wildman–Crippen LogP) is 2.71. The van der Waals surface area contributed by atoms with Crippen molar-refractivity contribution in [1.29, 1.82) is 0 Å². The van der Waals surface area contributed by atoms with Gasteiger partial charge in [-0.05, 0) is 25.0 Å². The molecule has 1 aliphatic heterocycles. The number of carbonyl (C=O) groups is 1. The molecule has 2 heterocycles. The molecule has 0 spiro atoms. The Labute approximate surface area is 135 Å². The van der Waals surface area contributed by atoms with Crippen molar-refractivity contribution in [3.8, 4) is 0 Å². The molecular weight excluding hydrogens is 323 g/mol. The SMILES string of the molecule is Cc1csc(=O)n1CC(=O)N[C@H]1CCSc2c(F)cccc21. The van der Waals surface area contributed by atoms with Crippen LogP contribution in [0.4, 0.5) is 4.39 Å². The van der Waals surface area contributed by atoms with E-state index in [2.05, 4.69) is 5.32 Å². The van der Waals surface area contributed by atoms with Crippen LogP contribution in [-0.4, -0.2) is 16.2 Å². The Morgan fingerprint density at radius 3 is 3.05 bits per heavy atom. The second-order valence-electron chi connectivity index (χ2n) is 5.14. The van der Waals surface area contributed by atoms with E-state index in [0.717, 1.165) is 34.8 Å². The van der Waals surface area contributed by atoms with Crippen LogP contribution >= 0.6 is 23.1 Å². The van der Waals surface area contributed by atoms with E-state index in [0.29, 0.717) is 4.90 Å². The van der Waals surface area contributed by atoms with E-state index < -0.39 is 0 Å². The van der Waals surface area contributed by atoms with Crippen molar-refractivity contribution in [3.63, 3.8) is 0 Å². The highest BCUT2D eigenvalue weighted by Gasteiger charge is 2.24. The summed E-state index contributed by atoms with van der Waals surface area (Å²) >= 11 is 2.56. The fourth-order valence-corrected chi connectivity index (χ4v) is 4.39. The van der Waals surface area contributed by atoms with Gasteiger partial charge in [0.15, 0.2) is 0 Å². The summed E-state index contributed by atoms with van der Waals surface area (Å²) in [6, 6.07) is 4.74. The molecule has 3 rings (SSSR count). The van der Waals surface area contributed by atoms with Crippen molar-refractivity contribution in [1.82, 2.24) is 9.88 Å². The number of benzene rings is 1. The van der Waals surface area contributed by atoms with Gasteiger partial charge < -0.3 is 5.32 Å². The summed E-state index contributed by atoms with van der Waals surface area (Å²) in [6.07, 6.45) is 0.754. The number of thioether (sulfide) groups is 1. The van der Waals surface area contributed by atoms with Crippen molar-refractivity contribution in [2.75, 3.05) is 5.75 Å². The zero-order chi connectivity index (χ0) is 15.7. The first-order valence-corrected chi connectivity index (χ1v) is 8.78. The molecule has 0 saturated heterocycles. The van der Waals surface area contributed by atoms with E-state index in [1.54, 1.807) is 18.4 Å². The molecule has 1 N–H and O–H groups in total. The molecule has 0 unspecified atom stereocenters. The quantitative estimate of drug-likeness (QED) is 0.936. The van der Waals surface area contributed by atoms with E-state index >= 15 is 0 Å². The molecular formula is C15H15FN2O2S2. The van der Waals surface area contributed by atoms with Gasteiger partial charge in [-0.2, -0.15) is 0 Å². The number of nitrogens with zero attached hydrogens (tertiary/aromatic N) is 1. The molecule has 1 aliphatic rings. The topological polar surface area (TPSA) is 51.1 Å². The van der Waals surface area contributed by atoms with E-state index in [4.69, 9.17) is 0 Å². The maximum atomic E-state index is 13.8. The van der Waals surface area contributed by atoms with Crippen molar-refractivity contribution in [2.45, 2.75) is 30.8 Å². The lowest BCUT2D eigenvalue weighted by Gasteiger charge is -2.26. The van der Waals surface area contributed by atoms with Crippen LogP contribution in [0.15, 0.2) is 33.3 Å². The van der Waals surface area contributed by atoms with Crippen LogP contribution in [0.1, 0.15) is 23.7 Å². The number of aromatic nitrogens is 1. The highest BCUT2D eigenvalue weighted by Crippen LogP contribution is 2.37. The Bertz CT molecular complexity index is 769. The van der Waals surface area contributed by atoms with Crippen LogP contribution in [0.3, 0.4) is 0 Å². The largest absolute Gasteiger partial charge is 0.348 e. The lowest BCUT2D eigenvalue weighted by Crippen LogP contribution is -2.35. The summed E-state index contributed by atoms with van der Waals surface area (Å²) in [5.41, 5.74) is 1.59. The molecule has 0 bridgehead atoms. The van der Waals surface area contributed by atoms with Gasteiger partial charge in [-0.3, -0.25) is 14.2 Å². The van der Waals surface area contributed by atoms with Crippen LogP contribution in [-0.2, 0) is 11.3 Å². The molecule has 116 valence electrons. The zero-order valence-electron chi connectivity index (χ0n) is 12.0. The molecule has 2 aromatic rings. The van der Waals surface area contributed by atoms with E-state index in [-0.39, 0.29) is 29.2 Å². The first kappa shape index (κ1) is 15.3. The minimum absolute atomic E-state index is 0.00244. The van der Waals surface area contributed by atoms with E-state index in [1.807, 2.05) is 6.07 Å². The van der Waals surface area contributed by atoms with E-state index in [1.165, 1.54) is 22.4 Å². The summed E-state index contributed by atoms with van der Waals surface area (Å²) in [5, 5.41) is 4.65. The monoisotopic (exact) mass is 338 g/mol. The van der Waals surface area contributed by atoms with Crippen LogP contribution in [0.5, 0.6) is 0 Å². The van der Waals surface area contributed by atoms with Crippen molar-refractivity contribution in [2.24, 2.45) is 0 Å².